The number of aromatic nitrogens is 1. The van der Waals surface area contributed by atoms with Gasteiger partial charge >= 0.3 is 0 Å². The summed E-state index contributed by atoms with van der Waals surface area (Å²) >= 11 is 0. The summed E-state index contributed by atoms with van der Waals surface area (Å²) in [6.07, 6.45) is 0. The number of benzene rings is 7. The van der Waals surface area contributed by atoms with Gasteiger partial charge in [0.1, 0.15) is 0 Å². The third-order valence-electron chi connectivity index (χ3n) is 8.66. The van der Waals surface area contributed by atoms with Gasteiger partial charge in [0.15, 0.2) is 0 Å². The molecule has 2 N–H and O–H groups in total. The van der Waals surface area contributed by atoms with E-state index in [1.807, 2.05) is 24.3 Å². The van der Waals surface area contributed by atoms with E-state index < -0.39 is 0 Å². The maximum atomic E-state index is 6.55. The maximum absolute atomic E-state index is 6.55. The summed E-state index contributed by atoms with van der Waals surface area (Å²) in [4.78, 5) is 5.35. The first-order valence-corrected chi connectivity index (χ1v) is 15.3. The van der Waals surface area contributed by atoms with Gasteiger partial charge in [-0.3, -0.25) is 0 Å². The highest BCUT2D eigenvalue weighted by Crippen LogP contribution is 2.41. The van der Waals surface area contributed by atoms with E-state index in [2.05, 4.69) is 146 Å². The fourth-order valence-corrected chi connectivity index (χ4v) is 6.34. The highest BCUT2D eigenvalue weighted by Gasteiger charge is 2.17. The molecule has 1 aromatic heterocycles. The van der Waals surface area contributed by atoms with Crippen molar-refractivity contribution in [3.63, 3.8) is 0 Å². The topological polar surface area (TPSA) is 38.9 Å². The molecule has 0 aliphatic carbocycles. The lowest BCUT2D eigenvalue weighted by Crippen LogP contribution is -1.95. The largest absolute Gasteiger partial charge is 0.398 e. The molecule has 0 fully saturated rings. The zero-order chi connectivity index (χ0) is 30.2. The monoisotopic (exact) mass is 574 g/mol. The molecule has 2 nitrogen and oxygen atoms in total. The molecule has 0 atom stereocenters. The van der Waals surface area contributed by atoms with Crippen LogP contribution >= 0.6 is 0 Å². The summed E-state index contributed by atoms with van der Waals surface area (Å²) in [7, 11) is 0. The van der Waals surface area contributed by atoms with Crippen molar-refractivity contribution in [1.29, 1.82) is 0 Å². The van der Waals surface area contributed by atoms with Crippen LogP contribution in [-0.4, -0.2) is 4.98 Å². The lowest BCUT2D eigenvalue weighted by Gasteiger charge is -2.17. The highest BCUT2D eigenvalue weighted by atomic mass is 14.7. The summed E-state index contributed by atoms with van der Waals surface area (Å²) < 4.78 is 0. The second-order valence-electron chi connectivity index (χ2n) is 11.4. The molecular formula is C43H30N2. The SMILES string of the molecule is Nc1ccccc1-c1cc2c(-c3ccc(-c4ccccc4)cc3)cc(-c3ccc(-c4ccccc4)cc3)nc2c2ccccc12. The van der Waals surface area contributed by atoms with Crippen LogP contribution in [0.3, 0.4) is 0 Å². The average Bonchev–Trinajstić information content (AvgIpc) is 3.12. The Labute approximate surface area is 263 Å². The summed E-state index contributed by atoms with van der Waals surface area (Å²) in [5.41, 5.74) is 19.5. The number of hydrogen-bond acceptors (Lipinski definition) is 2. The Hall–Kier alpha value is -5.99. The number of anilines is 1. The van der Waals surface area contributed by atoms with E-state index in [4.69, 9.17) is 10.7 Å². The molecule has 8 aromatic rings. The minimum Gasteiger partial charge on any atom is -0.398 e. The van der Waals surface area contributed by atoms with Crippen LogP contribution in [0.5, 0.6) is 0 Å². The normalized spacial score (nSPS) is 11.2. The van der Waals surface area contributed by atoms with E-state index in [-0.39, 0.29) is 0 Å². The summed E-state index contributed by atoms with van der Waals surface area (Å²) in [6, 6.07) is 59.8. The van der Waals surface area contributed by atoms with E-state index in [0.29, 0.717) is 0 Å². The maximum Gasteiger partial charge on any atom is 0.0794 e. The van der Waals surface area contributed by atoms with Gasteiger partial charge in [0.05, 0.1) is 11.2 Å². The molecule has 0 saturated heterocycles. The molecule has 0 unspecified atom stereocenters. The van der Waals surface area contributed by atoms with Crippen molar-refractivity contribution in [1.82, 2.24) is 4.98 Å². The molecule has 0 spiro atoms. The lowest BCUT2D eigenvalue weighted by atomic mass is 9.90. The van der Waals surface area contributed by atoms with Crippen molar-refractivity contribution in [2.24, 2.45) is 0 Å². The fourth-order valence-electron chi connectivity index (χ4n) is 6.34. The van der Waals surface area contributed by atoms with Crippen LogP contribution in [0.1, 0.15) is 0 Å². The molecule has 0 bridgehead atoms. The van der Waals surface area contributed by atoms with Gasteiger partial charge < -0.3 is 5.73 Å². The Kier molecular flexibility index (Phi) is 6.66. The molecule has 212 valence electrons. The van der Waals surface area contributed by atoms with Crippen molar-refractivity contribution in [2.75, 3.05) is 5.73 Å². The van der Waals surface area contributed by atoms with E-state index in [0.717, 1.165) is 60.9 Å². The number of nitrogens with two attached hydrogens (primary N) is 1. The predicted molar refractivity (Wildman–Crippen MR) is 191 cm³/mol. The van der Waals surface area contributed by atoms with Gasteiger partial charge in [0, 0.05) is 27.6 Å². The molecule has 0 radical (unpaired) electrons. The molecule has 2 heteroatoms. The molecule has 1 heterocycles. The molecule has 45 heavy (non-hydrogen) atoms. The van der Waals surface area contributed by atoms with Crippen molar-refractivity contribution in [2.45, 2.75) is 0 Å². The Balaban J connectivity index is 1.37. The zero-order valence-corrected chi connectivity index (χ0v) is 24.7. The van der Waals surface area contributed by atoms with Crippen LogP contribution in [-0.2, 0) is 0 Å². The molecule has 0 aliphatic heterocycles. The third kappa shape index (κ3) is 4.93. The minimum absolute atomic E-state index is 0.763. The number of fused-ring (bicyclic) bond motifs is 3. The van der Waals surface area contributed by atoms with Gasteiger partial charge in [0.2, 0.25) is 0 Å². The molecule has 0 amide bonds. The molecule has 8 rings (SSSR count). The minimum atomic E-state index is 0.763. The zero-order valence-electron chi connectivity index (χ0n) is 24.7. The average molecular weight is 575 g/mol. The van der Waals surface area contributed by atoms with Crippen molar-refractivity contribution < 1.29 is 0 Å². The second-order valence-corrected chi connectivity index (χ2v) is 11.4. The van der Waals surface area contributed by atoms with Crippen LogP contribution in [0.4, 0.5) is 5.69 Å². The highest BCUT2D eigenvalue weighted by molar-refractivity contribution is 6.16. The van der Waals surface area contributed by atoms with E-state index >= 15 is 0 Å². The Morgan fingerprint density at radius 2 is 0.822 bits per heavy atom. The van der Waals surface area contributed by atoms with E-state index in [1.54, 1.807) is 0 Å². The first kappa shape index (κ1) is 26.6. The van der Waals surface area contributed by atoms with Crippen molar-refractivity contribution in [3.05, 3.63) is 170 Å². The number of nitrogen functional groups attached to an aromatic ring is 1. The summed E-state index contributed by atoms with van der Waals surface area (Å²) in [5.74, 6) is 0. The van der Waals surface area contributed by atoms with Gasteiger partial charge in [-0.05, 0) is 62.5 Å². The Morgan fingerprint density at radius 1 is 0.333 bits per heavy atom. The lowest BCUT2D eigenvalue weighted by molar-refractivity contribution is 1.41. The van der Waals surface area contributed by atoms with Crippen LogP contribution in [0, 0.1) is 0 Å². The van der Waals surface area contributed by atoms with Gasteiger partial charge in [0.25, 0.3) is 0 Å². The van der Waals surface area contributed by atoms with Gasteiger partial charge in [-0.25, -0.2) is 4.98 Å². The molecule has 0 aliphatic rings. The van der Waals surface area contributed by atoms with Gasteiger partial charge in [-0.1, -0.05) is 152 Å². The number of hydrogen-bond donors (Lipinski definition) is 1. The van der Waals surface area contributed by atoms with Gasteiger partial charge in [-0.15, -0.1) is 0 Å². The van der Waals surface area contributed by atoms with Crippen molar-refractivity contribution >= 4 is 27.4 Å². The molecule has 7 aromatic carbocycles. The summed E-state index contributed by atoms with van der Waals surface area (Å²) in [6.45, 7) is 0. The third-order valence-corrected chi connectivity index (χ3v) is 8.66. The first-order valence-electron chi connectivity index (χ1n) is 15.3. The number of para-hydroxylation sites is 1. The number of pyridine rings is 1. The fraction of sp³-hybridized carbons (Fsp3) is 0. The smallest absolute Gasteiger partial charge is 0.0794 e. The van der Waals surface area contributed by atoms with Crippen LogP contribution in [0.15, 0.2) is 170 Å². The second kappa shape index (κ2) is 11.3. The van der Waals surface area contributed by atoms with Crippen LogP contribution < -0.4 is 5.73 Å². The Bertz CT molecular complexity index is 2290. The summed E-state index contributed by atoms with van der Waals surface area (Å²) in [5, 5.41) is 3.35. The predicted octanol–water partition coefficient (Wildman–Crippen LogP) is 11.3. The number of nitrogens with zero attached hydrogens (tertiary/aromatic N) is 1. The molecule has 0 saturated carbocycles. The van der Waals surface area contributed by atoms with Crippen LogP contribution in [0.25, 0.3) is 77.4 Å². The van der Waals surface area contributed by atoms with E-state index in [1.165, 1.54) is 22.3 Å². The Morgan fingerprint density at radius 3 is 1.44 bits per heavy atom. The van der Waals surface area contributed by atoms with Crippen LogP contribution in [0.2, 0.25) is 0 Å². The van der Waals surface area contributed by atoms with Crippen molar-refractivity contribution in [3.8, 4) is 55.8 Å². The number of rotatable bonds is 5. The standard InChI is InChI=1S/C43H30N2/c44-41-18-10-9-16-36(41)39-27-40-38(33-23-19-31(20-24-33)29-11-3-1-4-12-29)28-42(45-43(40)37-17-8-7-15-35(37)39)34-25-21-32(22-26-34)30-13-5-2-6-14-30/h1-28H,44H2. The first-order chi connectivity index (χ1) is 22.2. The quantitative estimate of drug-likeness (QED) is 0.164. The molecular weight excluding hydrogens is 544 g/mol. The van der Waals surface area contributed by atoms with Gasteiger partial charge in [-0.2, -0.15) is 0 Å². The van der Waals surface area contributed by atoms with E-state index in [9.17, 15) is 0 Å².